The molecule has 1 aliphatic heterocycles. The molecule has 146 valence electrons. The number of hydrogen-bond donors (Lipinski definition) is 1. The fourth-order valence-electron chi connectivity index (χ4n) is 3.47. The molecule has 6 heteroatoms. The molecule has 3 aromatic carbocycles. The van der Waals surface area contributed by atoms with Gasteiger partial charge in [0.25, 0.3) is 5.91 Å². The Morgan fingerprint density at radius 2 is 1.83 bits per heavy atom. The van der Waals surface area contributed by atoms with Crippen LogP contribution >= 0.6 is 27.5 Å². The minimum absolute atomic E-state index is 0.0851. The van der Waals surface area contributed by atoms with E-state index in [1.807, 2.05) is 36.4 Å². The fraction of sp³-hybridized carbons (Fsp3) is 0.130. The Bertz CT molecular complexity index is 1110. The molecule has 0 aliphatic carbocycles. The van der Waals surface area contributed by atoms with Crippen LogP contribution in [0.1, 0.15) is 16.7 Å². The van der Waals surface area contributed by atoms with Crippen LogP contribution in [0.25, 0.3) is 0 Å². The zero-order valence-electron chi connectivity index (χ0n) is 15.6. The Kier molecular flexibility index (Phi) is 5.43. The van der Waals surface area contributed by atoms with E-state index in [-0.39, 0.29) is 11.7 Å². The summed E-state index contributed by atoms with van der Waals surface area (Å²) in [6.45, 7) is 0. The number of benzodiazepines with no additional fused rings is 1. The molecule has 1 aliphatic rings. The first kappa shape index (κ1) is 19.7. The van der Waals surface area contributed by atoms with Crippen LogP contribution in [0.3, 0.4) is 0 Å². The largest absolute Gasteiger partial charge is 0.508 e. The summed E-state index contributed by atoms with van der Waals surface area (Å²) in [6.07, 6.45) is 0.466. The number of fused-ring (bicyclic) bond motifs is 1. The van der Waals surface area contributed by atoms with Crippen LogP contribution in [0.15, 0.2) is 76.2 Å². The predicted molar refractivity (Wildman–Crippen MR) is 120 cm³/mol. The molecule has 0 aromatic heterocycles. The highest BCUT2D eigenvalue weighted by Gasteiger charge is 2.30. The van der Waals surface area contributed by atoms with Crippen LogP contribution in [0.4, 0.5) is 5.69 Å². The number of phenols is 1. The van der Waals surface area contributed by atoms with Crippen LogP contribution in [-0.2, 0) is 11.2 Å². The van der Waals surface area contributed by atoms with E-state index in [2.05, 4.69) is 15.9 Å². The van der Waals surface area contributed by atoms with E-state index in [1.165, 1.54) is 0 Å². The summed E-state index contributed by atoms with van der Waals surface area (Å²) in [5, 5.41) is 10.3. The average molecular weight is 470 g/mol. The normalized spacial score (nSPS) is 16.2. The number of aliphatic imine (C=N–C) groups is 1. The summed E-state index contributed by atoms with van der Waals surface area (Å²) >= 11 is 9.84. The SMILES string of the molecule is CN1C(=O)C(Cc2ccccc2Br)N=C(c2ccc(O)cc2)c2cc(Cl)ccc21. The van der Waals surface area contributed by atoms with Crippen LogP contribution in [-0.4, -0.2) is 29.8 Å². The van der Waals surface area contributed by atoms with E-state index in [9.17, 15) is 9.90 Å². The molecule has 0 spiro atoms. The van der Waals surface area contributed by atoms with Gasteiger partial charge in [-0.15, -0.1) is 0 Å². The second-order valence-corrected chi connectivity index (χ2v) is 8.19. The highest BCUT2D eigenvalue weighted by Crippen LogP contribution is 2.31. The maximum atomic E-state index is 13.3. The van der Waals surface area contributed by atoms with Crippen molar-refractivity contribution in [1.29, 1.82) is 0 Å². The van der Waals surface area contributed by atoms with Gasteiger partial charge in [0.1, 0.15) is 11.8 Å². The summed E-state index contributed by atoms with van der Waals surface area (Å²) in [5.41, 5.74) is 4.04. The standard InChI is InChI=1S/C23H18BrClN2O2/c1-27-21-11-8-16(25)13-18(21)22(14-6-9-17(28)10-7-14)26-20(23(27)29)12-15-4-2-3-5-19(15)24/h2-11,13,20,28H,12H2,1H3. The molecule has 4 nitrogen and oxygen atoms in total. The number of rotatable bonds is 3. The lowest BCUT2D eigenvalue weighted by Gasteiger charge is -2.21. The van der Waals surface area contributed by atoms with Crippen molar-refractivity contribution < 1.29 is 9.90 Å². The molecule has 1 N–H and O–H groups in total. The molecule has 0 saturated carbocycles. The Hall–Kier alpha value is -2.63. The van der Waals surface area contributed by atoms with Crippen molar-refractivity contribution in [1.82, 2.24) is 0 Å². The van der Waals surface area contributed by atoms with Gasteiger partial charge in [0.2, 0.25) is 0 Å². The first-order valence-electron chi connectivity index (χ1n) is 9.12. The third-order valence-corrected chi connectivity index (χ3v) is 6.00. The molecular weight excluding hydrogens is 452 g/mol. The lowest BCUT2D eigenvalue weighted by molar-refractivity contribution is -0.119. The van der Waals surface area contributed by atoms with Crippen LogP contribution < -0.4 is 4.90 Å². The van der Waals surface area contributed by atoms with Crippen LogP contribution in [0, 0.1) is 0 Å². The van der Waals surface area contributed by atoms with Gasteiger partial charge in [0.05, 0.1) is 11.4 Å². The number of aromatic hydroxyl groups is 1. The average Bonchev–Trinajstić information content (AvgIpc) is 2.81. The van der Waals surface area contributed by atoms with Crippen LogP contribution in [0.2, 0.25) is 5.02 Å². The summed E-state index contributed by atoms with van der Waals surface area (Å²) in [4.78, 5) is 19.8. The molecule has 3 aromatic rings. The van der Waals surface area contributed by atoms with Gasteiger partial charge in [0, 0.05) is 34.1 Å². The van der Waals surface area contributed by atoms with Crippen molar-refractivity contribution in [3.8, 4) is 5.75 Å². The third kappa shape index (κ3) is 3.93. The number of hydrogen-bond acceptors (Lipinski definition) is 3. The molecule has 0 saturated heterocycles. The second-order valence-electron chi connectivity index (χ2n) is 6.89. The van der Waals surface area contributed by atoms with E-state index in [1.54, 1.807) is 42.3 Å². The summed E-state index contributed by atoms with van der Waals surface area (Å²) in [7, 11) is 1.76. The Balaban J connectivity index is 1.88. The van der Waals surface area contributed by atoms with Crippen molar-refractivity contribution in [2.45, 2.75) is 12.5 Å². The molecule has 0 bridgehead atoms. The maximum absolute atomic E-state index is 13.3. The third-order valence-electron chi connectivity index (χ3n) is 4.99. The highest BCUT2D eigenvalue weighted by molar-refractivity contribution is 9.10. The first-order chi connectivity index (χ1) is 13.9. The van der Waals surface area contributed by atoms with Gasteiger partial charge in [-0.05, 0) is 54.1 Å². The van der Waals surface area contributed by atoms with E-state index in [4.69, 9.17) is 16.6 Å². The molecule has 0 radical (unpaired) electrons. The van der Waals surface area contributed by atoms with Crippen molar-refractivity contribution in [2.24, 2.45) is 4.99 Å². The number of anilines is 1. The van der Waals surface area contributed by atoms with Gasteiger partial charge in [-0.2, -0.15) is 0 Å². The minimum atomic E-state index is -0.589. The number of phenolic OH excluding ortho intramolecular Hbond substituents is 1. The summed E-state index contributed by atoms with van der Waals surface area (Å²) in [6, 6.07) is 19.5. The second kappa shape index (κ2) is 8.01. The lowest BCUT2D eigenvalue weighted by Crippen LogP contribution is -2.36. The lowest BCUT2D eigenvalue weighted by atomic mass is 10.00. The molecule has 1 amide bonds. The molecule has 0 fully saturated rings. The Morgan fingerprint density at radius 1 is 1.10 bits per heavy atom. The number of likely N-dealkylation sites (N-methyl/N-ethyl adjacent to an activating group) is 1. The van der Waals surface area contributed by atoms with Crippen LogP contribution in [0.5, 0.6) is 5.75 Å². The number of carbonyl (C=O) groups excluding carboxylic acids is 1. The summed E-state index contributed by atoms with van der Waals surface area (Å²) in [5.74, 6) is 0.0883. The number of amides is 1. The molecule has 29 heavy (non-hydrogen) atoms. The van der Waals surface area contributed by atoms with Gasteiger partial charge < -0.3 is 10.0 Å². The highest BCUT2D eigenvalue weighted by atomic mass is 79.9. The molecule has 1 unspecified atom stereocenters. The van der Waals surface area contributed by atoms with E-state index in [0.717, 1.165) is 26.9 Å². The van der Waals surface area contributed by atoms with Crippen molar-refractivity contribution in [3.05, 3.63) is 92.9 Å². The van der Waals surface area contributed by atoms with Crippen molar-refractivity contribution >= 4 is 44.8 Å². The van der Waals surface area contributed by atoms with Gasteiger partial charge in [0.15, 0.2) is 0 Å². The number of halogens is 2. The van der Waals surface area contributed by atoms with E-state index in [0.29, 0.717) is 17.2 Å². The van der Waals surface area contributed by atoms with Crippen molar-refractivity contribution in [3.63, 3.8) is 0 Å². The number of carbonyl (C=O) groups is 1. The number of nitrogens with zero attached hydrogens (tertiary/aromatic N) is 2. The number of benzene rings is 3. The molecule has 1 heterocycles. The Labute approximate surface area is 182 Å². The fourth-order valence-corrected chi connectivity index (χ4v) is 4.09. The minimum Gasteiger partial charge on any atom is -0.508 e. The van der Waals surface area contributed by atoms with Crippen molar-refractivity contribution in [2.75, 3.05) is 11.9 Å². The maximum Gasteiger partial charge on any atom is 0.251 e. The van der Waals surface area contributed by atoms with E-state index >= 15 is 0 Å². The van der Waals surface area contributed by atoms with Gasteiger partial charge in [-0.1, -0.05) is 45.7 Å². The molecular formula is C23H18BrClN2O2. The van der Waals surface area contributed by atoms with Gasteiger partial charge >= 0.3 is 0 Å². The van der Waals surface area contributed by atoms with Gasteiger partial charge in [-0.25, -0.2) is 0 Å². The molecule has 1 atom stereocenters. The zero-order chi connectivity index (χ0) is 20.5. The van der Waals surface area contributed by atoms with E-state index < -0.39 is 6.04 Å². The topological polar surface area (TPSA) is 52.9 Å². The summed E-state index contributed by atoms with van der Waals surface area (Å²) < 4.78 is 0.946. The first-order valence-corrected chi connectivity index (χ1v) is 10.3. The smallest absolute Gasteiger partial charge is 0.251 e. The zero-order valence-corrected chi connectivity index (χ0v) is 18.0. The Morgan fingerprint density at radius 3 is 2.55 bits per heavy atom. The van der Waals surface area contributed by atoms with Gasteiger partial charge in [-0.3, -0.25) is 9.79 Å². The predicted octanol–water partition coefficient (Wildman–Crippen LogP) is 5.23. The quantitative estimate of drug-likeness (QED) is 0.571. The monoisotopic (exact) mass is 468 g/mol. The molecule has 4 rings (SSSR count).